The van der Waals surface area contributed by atoms with Crippen molar-refractivity contribution in [2.24, 2.45) is 5.41 Å². The van der Waals surface area contributed by atoms with Gasteiger partial charge in [-0.05, 0) is 46.0 Å². The predicted octanol–water partition coefficient (Wildman–Crippen LogP) is 2.84. The molecule has 0 aliphatic carbocycles. The summed E-state index contributed by atoms with van der Waals surface area (Å²) < 4.78 is 5.50. The van der Waals surface area contributed by atoms with Crippen LogP contribution in [-0.4, -0.2) is 46.4 Å². The van der Waals surface area contributed by atoms with E-state index in [9.17, 15) is 4.79 Å². The van der Waals surface area contributed by atoms with Crippen molar-refractivity contribution >= 4 is 6.09 Å². The second kappa shape index (κ2) is 6.91. The number of piperidine rings is 1. The summed E-state index contributed by atoms with van der Waals surface area (Å²) in [6.07, 6.45) is 3.79. The Kier molecular flexibility index (Phi) is 5.34. The second-order valence-electron chi connectivity index (χ2n) is 7.94. The lowest BCUT2D eigenvalue weighted by Crippen LogP contribution is -2.50. The summed E-state index contributed by atoms with van der Waals surface area (Å²) >= 11 is 0. The predicted molar refractivity (Wildman–Crippen MR) is 90.2 cm³/mol. The van der Waals surface area contributed by atoms with Crippen molar-refractivity contribution < 1.29 is 9.53 Å². The number of likely N-dealkylation sites (tertiary alicyclic amines) is 1. The van der Waals surface area contributed by atoms with Crippen molar-refractivity contribution in [3.8, 4) is 0 Å². The van der Waals surface area contributed by atoms with Gasteiger partial charge in [0.25, 0.3) is 0 Å². The summed E-state index contributed by atoms with van der Waals surface area (Å²) in [7, 11) is 0. The topological polar surface area (TPSA) is 70.2 Å². The van der Waals surface area contributed by atoms with E-state index in [1.54, 1.807) is 0 Å². The van der Waals surface area contributed by atoms with Crippen LogP contribution in [0.15, 0.2) is 6.20 Å². The molecule has 1 saturated heterocycles. The Morgan fingerprint density at radius 1 is 1.52 bits per heavy atom. The van der Waals surface area contributed by atoms with E-state index in [-0.39, 0.29) is 11.5 Å². The molecular weight excluding hydrogens is 292 g/mol. The summed E-state index contributed by atoms with van der Waals surface area (Å²) in [4.78, 5) is 14.1. The van der Waals surface area contributed by atoms with Crippen LogP contribution < -0.4 is 5.32 Å². The van der Waals surface area contributed by atoms with Gasteiger partial charge >= 0.3 is 6.09 Å². The van der Waals surface area contributed by atoms with Crippen LogP contribution in [0, 0.1) is 12.3 Å². The number of carbonyl (C=O) groups excluding carboxylic acids is 1. The van der Waals surface area contributed by atoms with Crippen LogP contribution in [-0.2, 0) is 11.3 Å². The van der Waals surface area contributed by atoms with E-state index in [0.29, 0.717) is 0 Å². The Bertz CT molecular complexity index is 535. The average molecular weight is 322 g/mol. The molecule has 1 atom stereocenters. The number of hydrogen-bond donors (Lipinski definition) is 2. The molecule has 130 valence electrons. The van der Waals surface area contributed by atoms with Crippen molar-refractivity contribution in [1.29, 1.82) is 0 Å². The van der Waals surface area contributed by atoms with E-state index in [1.165, 1.54) is 5.56 Å². The first-order valence-electron chi connectivity index (χ1n) is 8.36. The van der Waals surface area contributed by atoms with Crippen LogP contribution in [0.2, 0.25) is 0 Å². The highest BCUT2D eigenvalue weighted by molar-refractivity contribution is 5.68. The average Bonchev–Trinajstić information content (AvgIpc) is 2.82. The third kappa shape index (κ3) is 5.23. The van der Waals surface area contributed by atoms with Crippen molar-refractivity contribution in [3.63, 3.8) is 0 Å². The van der Waals surface area contributed by atoms with Gasteiger partial charge < -0.3 is 15.0 Å². The highest BCUT2D eigenvalue weighted by Crippen LogP contribution is 2.29. The Hall–Kier alpha value is -1.56. The van der Waals surface area contributed by atoms with E-state index >= 15 is 0 Å². The van der Waals surface area contributed by atoms with Gasteiger partial charge in [-0.3, -0.25) is 5.10 Å². The summed E-state index contributed by atoms with van der Waals surface area (Å²) in [5.74, 6) is 0. The number of carbonyl (C=O) groups is 1. The number of amides is 1. The minimum absolute atomic E-state index is 0.0762. The van der Waals surface area contributed by atoms with Crippen molar-refractivity contribution in [1.82, 2.24) is 20.4 Å². The summed E-state index contributed by atoms with van der Waals surface area (Å²) in [5.41, 5.74) is 1.92. The third-order valence-electron chi connectivity index (χ3n) is 4.23. The first kappa shape index (κ1) is 17.8. The molecule has 1 amide bonds. The lowest BCUT2D eigenvalue weighted by molar-refractivity contribution is 0.00675. The number of H-pyrrole nitrogens is 1. The maximum Gasteiger partial charge on any atom is 0.410 e. The van der Waals surface area contributed by atoms with Gasteiger partial charge in [0.05, 0.1) is 6.20 Å². The molecule has 2 N–H and O–H groups in total. The lowest BCUT2D eigenvalue weighted by atomic mass is 9.82. The number of hydrogen-bond acceptors (Lipinski definition) is 4. The molecule has 0 saturated carbocycles. The van der Waals surface area contributed by atoms with Crippen LogP contribution in [0.1, 0.15) is 51.8 Å². The fourth-order valence-electron chi connectivity index (χ4n) is 3.00. The van der Waals surface area contributed by atoms with Crippen LogP contribution >= 0.6 is 0 Å². The lowest BCUT2D eigenvalue weighted by Gasteiger charge is -2.41. The quantitative estimate of drug-likeness (QED) is 0.894. The Morgan fingerprint density at radius 2 is 2.26 bits per heavy atom. The molecular formula is C17H30N4O2. The van der Waals surface area contributed by atoms with E-state index in [2.05, 4.69) is 22.4 Å². The smallest absolute Gasteiger partial charge is 0.410 e. The summed E-state index contributed by atoms with van der Waals surface area (Å²) in [6, 6.07) is 0. The molecule has 0 spiro atoms. The van der Waals surface area contributed by atoms with E-state index in [4.69, 9.17) is 4.74 Å². The van der Waals surface area contributed by atoms with Crippen molar-refractivity contribution in [3.05, 3.63) is 17.5 Å². The van der Waals surface area contributed by atoms with Crippen molar-refractivity contribution in [2.45, 2.75) is 59.6 Å². The molecule has 1 aromatic rings. The van der Waals surface area contributed by atoms with Crippen molar-refractivity contribution in [2.75, 3.05) is 19.6 Å². The number of aromatic nitrogens is 2. The van der Waals surface area contributed by atoms with Gasteiger partial charge in [-0.25, -0.2) is 4.79 Å². The monoisotopic (exact) mass is 322 g/mol. The van der Waals surface area contributed by atoms with Gasteiger partial charge in [-0.1, -0.05) is 6.92 Å². The normalized spacial score (nSPS) is 22.2. The standard InChI is InChI=1S/C17H30N4O2/c1-13-14(10-19-20-13)9-18-11-17(5)7-6-8-21(12-17)15(22)23-16(2,3)4/h10,18H,6-9,11-12H2,1-5H3,(H,19,20). The highest BCUT2D eigenvalue weighted by Gasteiger charge is 2.34. The van der Waals surface area contributed by atoms with E-state index in [0.717, 1.165) is 44.7 Å². The maximum absolute atomic E-state index is 12.3. The zero-order chi connectivity index (χ0) is 17.1. The zero-order valence-electron chi connectivity index (χ0n) is 15.0. The molecule has 1 aliphatic heterocycles. The van der Waals surface area contributed by atoms with Gasteiger partial charge in [-0.2, -0.15) is 5.10 Å². The molecule has 2 heterocycles. The Balaban J connectivity index is 1.86. The molecule has 1 fully saturated rings. The number of ether oxygens (including phenoxy) is 1. The molecule has 1 aromatic heterocycles. The Labute approximate surface area is 139 Å². The zero-order valence-corrected chi connectivity index (χ0v) is 15.0. The van der Waals surface area contributed by atoms with Crippen LogP contribution in [0.25, 0.3) is 0 Å². The Morgan fingerprint density at radius 3 is 2.87 bits per heavy atom. The molecule has 0 aromatic carbocycles. The maximum atomic E-state index is 12.3. The van der Waals surface area contributed by atoms with Gasteiger partial charge in [0.2, 0.25) is 0 Å². The largest absolute Gasteiger partial charge is 0.444 e. The molecule has 23 heavy (non-hydrogen) atoms. The molecule has 1 unspecified atom stereocenters. The van der Waals surface area contributed by atoms with Gasteiger partial charge in [-0.15, -0.1) is 0 Å². The molecule has 6 nitrogen and oxygen atoms in total. The number of aryl methyl sites for hydroxylation is 1. The highest BCUT2D eigenvalue weighted by atomic mass is 16.6. The van der Waals surface area contributed by atoms with E-state index in [1.807, 2.05) is 38.8 Å². The fourth-order valence-corrected chi connectivity index (χ4v) is 3.00. The molecule has 0 bridgehead atoms. The summed E-state index contributed by atoms with van der Waals surface area (Å²) in [5, 5.41) is 10.5. The van der Waals surface area contributed by atoms with Crippen LogP contribution in [0.5, 0.6) is 0 Å². The van der Waals surface area contributed by atoms with E-state index < -0.39 is 5.60 Å². The fraction of sp³-hybridized carbons (Fsp3) is 0.765. The number of aromatic amines is 1. The third-order valence-corrected chi connectivity index (χ3v) is 4.23. The van der Waals surface area contributed by atoms with Gasteiger partial charge in [0.15, 0.2) is 0 Å². The number of rotatable bonds is 4. The van der Waals surface area contributed by atoms with Gasteiger partial charge in [0, 0.05) is 37.4 Å². The molecule has 2 rings (SSSR count). The molecule has 0 radical (unpaired) electrons. The van der Waals surface area contributed by atoms with Gasteiger partial charge in [0.1, 0.15) is 5.60 Å². The minimum atomic E-state index is -0.442. The number of nitrogens with zero attached hydrogens (tertiary/aromatic N) is 2. The van der Waals surface area contributed by atoms with Crippen LogP contribution in [0.3, 0.4) is 0 Å². The first-order chi connectivity index (χ1) is 10.7. The first-order valence-corrected chi connectivity index (χ1v) is 8.36. The summed E-state index contributed by atoms with van der Waals surface area (Å²) in [6.45, 7) is 13.2. The molecule has 1 aliphatic rings. The second-order valence-corrected chi connectivity index (χ2v) is 7.94. The van der Waals surface area contributed by atoms with Crippen LogP contribution in [0.4, 0.5) is 4.79 Å². The SMILES string of the molecule is Cc1[nH]ncc1CNCC1(C)CCCN(C(=O)OC(C)(C)C)C1. The molecule has 6 heteroatoms. The minimum Gasteiger partial charge on any atom is -0.444 e. The number of nitrogens with one attached hydrogen (secondary N) is 2.